The number of carbonyl (C=O) groups excluding carboxylic acids is 1. The molecule has 4 aromatic rings. The zero-order valence-corrected chi connectivity index (χ0v) is 25.7. The zero-order valence-electron chi connectivity index (χ0n) is 22.6. The van der Waals surface area contributed by atoms with E-state index in [-0.39, 0.29) is 5.78 Å². The molecule has 0 aromatic heterocycles. The first-order chi connectivity index (χ1) is 18.9. The van der Waals surface area contributed by atoms with Crippen LogP contribution in [0.5, 0.6) is 11.5 Å². The van der Waals surface area contributed by atoms with E-state index >= 15 is 0 Å². The van der Waals surface area contributed by atoms with Crippen molar-refractivity contribution in [2.45, 2.75) is 50.7 Å². The Morgan fingerprint density at radius 2 is 0.900 bits per heavy atom. The third-order valence-electron chi connectivity index (χ3n) is 7.10. The summed E-state index contributed by atoms with van der Waals surface area (Å²) < 4.78 is 13.0. The third kappa shape index (κ3) is 6.95. The van der Waals surface area contributed by atoms with Crippen molar-refractivity contribution in [2.75, 3.05) is 0 Å². The van der Waals surface area contributed by atoms with Gasteiger partial charge in [0.05, 0.1) is 0 Å². The summed E-state index contributed by atoms with van der Waals surface area (Å²) in [6.45, 7) is 7.84. The van der Waals surface area contributed by atoms with Crippen molar-refractivity contribution in [3.05, 3.63) is 128 Å². The highest BCUT2D eigenvalue weighted by atomic mass is 35.5. The van der Waals surface area contributed by atoms with E-state index in [0.29, 0.717) is 31.6 Å². The van der Waals surface area contributed by atoms with Crippen molar-refractivity contribution < 1.29 is 14.3 Å². The van der Waals surface area contributed by atoms with Crippen LogP contribution in [0.15, 0.2) is 97.1 Å². The Balaban J connectivity index is 1.85. The Labute approximate surface area is 255 Å². The number of rotatable bonds is 10. The standard InChI is InChI=1S/C33H30Cl4O3/c1-32(2,21-7-5-9-25(36)19-21)30(39-27-15-11-23(34)12-16-27)29(38)31(40-28-17-13-24(35)14-18-28)33(3,4)22-8-6-10-26(37)20-22/h5-20,30-31H,1-4H3. The number of carbonyl (C=O) groups is 1. The van der Waals surface area contributed by atoms with Crippen molar-refractivity contribution in [1.29, 1.82) is 0 Å². The fourth-order valence-corrected chi connectivity index (χ4v) is 5.27. The van der Waals surface area contributed by atoms with Crippen LogP contribution in [0.1, 0.15) is 38.8 Å². The lowest BCUT2D eigenvalue weighted by Crippen LogP contribution is -2.55. The second-order valence-electron chi connectivity index (χ2n) is 10.8. The van der Waals surface area contributed by atoms with E-state index in [4.69, 9.17) is 55.9 Å². The van der Waals surface area contributed by atoms with Gasteiger partial charge in [-0.05, 0) is 83.9 Å². The minimum atomic E-state index is -0.970. The molecule has 0 amide bonds. The molecule has 2 unspecified atom stereocenters. The molecule has 0 bridgehead atoms. The molecule has 0 fully saturated rings. The summed E-state index contributed by atoms with van der Waals surface area (Å²) in [5, 5.41) is 2.26. The maximum absolute atomic E-state index is 14.8. The van der Waals surface area contributed by atoms with E-state index in [9.17, 15) is 4.79 Å². The minimum Gasteiger partial charge on any atom is -0.482 e. The van der Waals surface area contributed by atoms with Crippen molar-refractivity contribution >= 4 is 52.2 Å². The first-order valence-corrected chi connectivity index (χ1v) is 14.3. The average molecular weight is 616 g/mol. The molecular formula is C33H30Cl4O3. The third-order valence-corrected chi connectivity index (χ3v) is 8.07. The van der Waals surface area contributed by atoms with Crippen LogP contribution in [0.25, 0.3) is 0 Å². The van der Waals surface area contributed by atoms with Gasteiger partial charge in [-0.1, -0.05) is 98.4 Å². The molecule has 0 saturated heterocycles. The number of halogens is 4. The largest absolute Gasteiger partial charge is 0.482 e. The van der Waals surface area contributed by atoms with Gasteiger partial charge in [0.1, 0.15) is 11.5 Å². The van der Waals surface area contributed by atoms with Crippen LogP contribution in [0.2, 0.25) is 20.1 Å². The van der Waals surface area contributed by atoms with Gasteiger partial charge in [-0.2, -0.15) is 0 Å². The quantitative estimate of drug-likeness (QED) is 0.178. The lowest BCUT2D eigenvalue weighted by Gasteiger charge is -2.40. The lowest BCUT2D eigenvalue weighted by atomic mass is 9.71. The zero-order chi connectivity index (χ0) is 29.1. The molecule has 2 atom stereocenters. The summed E-state index contributed by atoms with van der Waals surface area (Å²) in [5.74, 6) is 0.757. The Bertz CT molecular complexity index is 1350. The van der Waals surface area contributed by atoms with E-state index in [1.807, 2.05) is 64.1 Å². The molecule has 0 aliphatic rings. The van der Waals surface area contributed by atoms with Gasteiger partial charge in [-0.25, -0.2) is 0 Å². The minimum absolute atomic E-state index is 0.250. The first kappa shape index (κ1) is 30.3. The van der Waals surface area contributed by atoms with Gasteiger partial charge in [0.2, 0.25) is 5.78 Å². The summed E-state index contributed by atoms with van der Waals surface area (Å²) in [6, 6.07) is 28.8. The molecule has 208 valence electrons. The molecule has 7 heteroatoms. The van der Waals surface area contributed by atoms with Crippen molar-refractivity contribution in [1.82, 2.24) is 0 Å². The second kappa shape index (κ2) is 12.4. The van der Waals surface area contributed by atoms with Crippen molar-refractivity contribution in [3.63, 3.8) is 0 Å². The molecule has 4 aromatic carbocycles. The van der Waals surface area contributed by atoms with Gasteiger partial charge in [0.15, 0.2) is 12.2 Å². The predicted octanol–water partition coefficient (Wildman–Crippen LogP) is 10.0. The van der Waals surface area contributed by atoms with E-state index in [2.05, 4.69) is 0 Å². The van der Waals surface area contributed by atoms with Gasteiger partial charge in [-0.3, -0.25) is 4.79 Å². The average Bonchev–Trinajstić information content (AvgIpc) is 2.92. The number of ether oxygens (including phenoxy) is 2. The number of ketones is 1. The molecular weight excluding hydrogens is 586 g/mol. The summed E-state index contributed by atoms with van der Waals surface area (Å²) in [6.07, 6.45) is -1.94. The van der Waals surface area contributed by atoms with Gasteiger partial charge in [-0.15, -0.1) is 0 Å². The Morgan fingerprint density at radius 3 is 1.23 bits per heavy atom. The fraction of sp³-hybridized carbons (Fsp3) is 0.242. The molecule has 0 aliphatic heterocycles. The van der Waals surface area contributed by atoms with Crippen LogP contribution < -0.4 is 9.47 Å². The van der Waals surface area contributed by atoms with Crippen molar-refractivity contribution in [3.8, 4) is 11.5 Å². The molecule has 0 aliphatic carbocycles. The van der Waals surface area contributed by atoms with Crippen LogP contribution in [-0.2, 0) is 15.6 Å². The molecule has 4 rings (SSSR count). The Kier molecular flexibility index (Phi) is 9.42. The fourth-order valence-electron chi connectivity index (χ4n) is 4.64. The van der Waals surface area contributed by atoms with Crippen LogP contribution in [0.3, 0.4) is 0 Å². The summed E-state index contributed by atoms with van der Waals surface area (Å²) >= 11 is 25.0. The van der Waals surface area contributed by atoms with Crippen molar-refractivity contribution in [2.24, 2.45) is 0 Å². The van der Waals surface area contributed by atoms with Crippen LogP contribution in [0.4, 0.5) is 0 Å². The molecule has 0 spiro atoms. The van der Waals surface area contributed by atoms with E-state index < -0.39 is 23.0 Å². The monoisotopic (exact) mass is 614 g/mol. The smallest absolute Gasteiger partial charge is 0.215 e. The normalized spacial score (nSPS) is 13.4. The van der Waals surface area contributed by atoms with Gasteiger partial charge >= 0.3 is 0 Å². The predicted molar refractivity (Wildman–Crippen MR) is 166 cm³/mol. The highest BCUT2D eigenvalue weighted by Gasteiger charge is 2.48. The number of hydrogen-bond acceptors (Lipinski definition) is 3. The SMILES string of the molecule is CC(C)(c1cccc(Cl)c1)C(Oc1ccc(Cl)cc1)C(=O)C(Oc1ccc(Cl)cc1)C(C)(C)c1cccc(Cl)c1. The summed E-state index contributed by atoms with van der Waals surface area (Å²) in [5.41, 5.74) is 0.0672. The topological polar surface area (TPSA) is 35.5 Å². The maximum atomic E-state index is 14.8. The Hall–Kier alpha value is -2.69. The van der Waals surface area contributed by atoms with E-state index in [1.165, 1.54) is 0 Å². The summed E-state index contributed by atoms with van der Waals surface area (Å²) in [4.78, 5) is 14.8. The number of hydrogen-bond donors (Lipinski definition) is 0. The Morgan fingerprint density at radius 1 is 0.550 bits per heavy atom. The number of Topliss-reactive ketones (excluding diaryl/α,β-unsaturated/α-hetero) is 1. The van der Waals surface area contributed by atoms with Gasteiger partial charge < -0.3 is 9.47 Å². The summed E-state index contributed by atoms with van der Waals surface area (Å²) in [7, 11) is 0. The lowest BCUT2D eigenvalue weighted by molar-refractivity contribution is -0.138. The van der Waals surface area contributed by atoms with Gasteiger partial charge in [0, 0.05) is 30.9 Å². The molecule has 0 heterocycles. The maximum Gasteiger partial charge on any atom is 0.215 e. The van der Waals surface area contributed by atoms with Gasteiger partial charge in [0.25, 0.3) is 0 Å². The molecule has 0 radical (unpaired) electrons. The highest BCUT2D eigenvalue weighted by Crippen LogP contribution is 2.38. The molecule has 40 heavy (non-hydrogen) atoms. The van der Waals surface area contributed by atoms with Crippen LogP contribution >= 0.6 is 46.4 Å². The number of benzene rings is 4. The van der Waals surface area contributed by atoms with E-state index in [0.717, 1.165) is 11.1 Å². The first-order valence-electron chi connectivity index (χ1n) is 12.8. The van der Waals surface area contributed by atoms with E-state index in [1.54, 1.807) is 60.7 Å². The van der Waals surface area contributed by atoms with Crippen LogP contribution in [0, 0.1) is 0 Å². The highest BCUT2D eigenvalue weighted by molar-refractivity contribution is 6.31. The molecule has 0 saturated carbocycles. The molecule has 0 N–H and O–H groups in total. The molecule has 3 nitrogen and oxygen atoms in total. The van der Waals surface area contributed by atoms with Crippen LogP contribution in [-0.4, -0.2) is 18.0 Å². The second-order valence-corrected chi connectivity index (χ2v) is 12.5.